The van der Waals surface area contributed by atoms with Gasteiger partial charge in [0.15, 0.2) is 12.6 Å². The number of aliphatic hydroxyl groups is 10. The fourth-order valence-corrected chi connectivity index (χ4v) is 13.6. The van der Waals surface area contributed by atoms with Gasteiger partial charge in [0.1, 0.15) is 48.8 Å². The smallest absolute Gasteiger partial charge is 0.187 e. The molecule has 2 aliphatic heterocycles. The Hall–Kier alpha value is -0.820. The maximum Gasteiger partial charge on any atom is 0.187 e. The summed E-state index contributed by atoms with van der Waals surface area (Å²) in [6.45, 7) is 15.8. The van der Waals surface area contributed by atoms with Gasteiger partial charge in [-0.05, 0) is 117 Å². The molecule has 0 aromatic heterocycles. The summed E-state index contributed by atoms with van der Waals surface area (Å²) in [6, 6.07) is 0. The van der Waals surface area contributed by atoms with E-state index in [4.69, 9.17) is 18.9 Å². The minimum Gasteiger partial charge on any atom is -0.394 e. The van der Waals surface area contributed by atoms with E-state index in [-0.39, 0.29) is 23.7 Å². The first kappa shape index (κ1) is 44.7. The van der Waals surface area contributed by atoms with E-state index in [2.05, 4.69) is 40.7 Å². The van der Waals surface area contributed by atoms with Gasteiger partial charge in [-0.3, -0.25) is 0 Å². The molecule has 324 valence electrons. The molecule has 0 radical (unpaired) electrons. The van der Waals surface area contributed by atoms with E-state index < -0.39 is 120 Å². The Labute approximate surface area is 331 Å². The van der Waals surface area contributed by atoms with Crippen LogP contribution in [0.4, 0.5) is 0 Å². The van der Waals surface area contributed by atoms with Gasteiger partial charge in [-0.25, -0.2) is 0 Å². The number of hydrogen-bond acceptors (Lipinski definition) is 14. The second-order valence-corrected chi connectivity index (χ2v) is 20.2. The molecule has 0 amide bonds. The van der Waals surface area contributed by atoms with Crippen LogP contribution < -0.4 is 0 Å². The average molecular weight is 801 g/mol. The zero-order chi connectivity index (χ0) is 41.5. The minimum absolute atomic E-state index is 0.0224. The van der Waals surface area contributed by atoms with E-state index in [0.29, 0.717) is 44.9 Å². The summed E-state index contributed by atoms with van der Waals surface area (Å²) in [5, 5.41) is 108. The Bertz CT molecular complexity index is 1400. The van der Waals surface area contributed by atoms with Crippen LogP contribution in [0.25, 0.3) is 0 Å². The highest BCUT2D eigenvalue weighted by molar-refractivity contribution is 5.22. The third kappa shape index (κ3) is 7.06. The van der Waals surface area contributed by atoms with Crippen LogP contribution in [0.15, 0.2) is 11.6 Å². The van der Waals surface area contributed by atoms with E-state index in [1.807, 2.05) is 20.8 Å². The highest BCUT2D eigenvalue weighted by Gasteiger charge is 2.73. The molecule has 0 aromatic rings. The summed E-state index contributed by atoms with van der Waals surface area (Å²) in [5.74, 6) is -0.671. The molecule has 0 bridgehead atoms. The largest absolute Gasteiger partial charge is 0.394 e. The van der Waals surface area contributed by atoms with Crippen molar-refractivity contribution in [3.8, 4) is 0 Å². The first-order valence-corrected chi connectivity index (χ1v) is 21.0. The molecule has 2 heterocycles. The Kier molecular flexibility index (Phi) is 12.7. The van der Waals surface area contributed by atoms with Gasteiger partial charge in [-0.1, -0.05) is 46.3 Å². The Morgan fingerprint density at radius 2 is 1.30 bits per heavy atom. The number of aliphatic hydroxyl groups excluding tert-OH is 10. The summed E-state index contributed by atoms with van der Waals surface area (Å²) < 4.78 is 24.8. The molecular formula is C42H72O14. The third-order valence-electron chi connectivity index (χ3n) is 16.6. The van der Waals surface area contributed by atoms with E-state index >= 15 is 0 Å². The van der Waals surface area contributed by atoms with Gasteiger partial charge in [0.25, 0.3) is 0 Å². The molecule has 21 atom stereocenters. The van der Waals surface area contributed by atoms with E-state index in [1.54, 1.807) is 0 Å². The van der Waals surface area contributed by atoms with Crippen LogP contribution in [0.2, 0.25) is 0 Å². The summed E-state index contributed by atoms with van der Waals surface area (Å²) in [6.07, 6.45) is -9.01. The van der Waals surface area contributed by atoms with Crippen molar-refractivity contribution >= 4 is 0 Å². The molecule has 0 spiro atoms. The van der Waals surface area contributed by atoms with Crippen LogP contribution in [-0.4, -0.2) is 150 Å². The predicted molar refractivity (Wildman–Crippen MR) is 202 cm³/mol. The lowest BCUT2D eigenvalue weighted by Gasteiger charge is -2.71. The fourth-order valence-electron chi connectivity index (χ4n) is 13.6. The van der Waals surface area contributed by atoms with E-state index in [0.717, 1.165) is 12.0 Å². The molecule has 14 nitrogen and oxygen atoms in total. The van der Waals surface area contributed by atoms with Crippen molar-refractivity contribution in [1.82, 2.24) is 0 Å². The monoisotopic (exact) mass is 800 g/mol. The van der Waals surface area contributed by atoms with Gasteiger partial charge in [-0.15, -0.1) is 0 Å². The van der Waals surface area contributed by atoms with Gasteiger partial charge < -0.3 is 70.0 Å². The van der Waals surface area contributed by atoms with Crippen molar-refractivity contribution in [1.29, 1.82) is 0 Å². The van der Waals surface area contributed by atoms with Crippen molar-refractivity contribution in [3.05, 3.63) is 11.6 Å². The molecule has 6 rings (SSSR count). The number of hydrogen-bond donors (Lipinski definition) is 10. The normalized spacial score (nSPS) is 52.6. The SMILES string of the molecule is CC(C)=CCC[C@](C)(O[C@@H]1OC(CO)[C@@H](O)[C@H](O)C1O)C1CC[C@]2(C)C1[C@H](O)CC1[C@@]3(C)CC[C@H](O[C@@H]4OC(CO)[C@@H](O)[C@H](O)C4O)C(C)(C)C3[C@@H](O)C[C@]12C. The van der Waals surface area contributed by atoms with E-state index in [1.165, 1.54) is 0 Å². The molecule has 0 aromatic carbocycles. The number of ether oxygens (including phenoxy) is 4. The standard InChI is InChI=1S/C42H72O14/c1-20(2)10-9-13-42(8,56-37-34(52)32(50)30(48)25(19-44)54-37)21-11-15-40(6)28(21)22(45)16-26-39(5)14-12-27(38(3,4)35(39)23(46)17-41(26,40)7)55-36-33(51)31(49)29(47)24(18-43)53-36/h10,21-37,43-52H,9,11-19H2,1-8H3/t21?,22-,23+,24?,25?,26?,27+,28?,29-,30-,31+,32+,33?,34?,35?,36+,37+,39-,40-,41-,42+/m1/s1. The van der Waals surface area contributed by atoms with Gasteiger partial charge in [0.05, 0.1) is 37.1 Å². The third-order valence-corrected chi connectivity index (χ3v) is 16.6. The Balaban J connectivity index is 1.29. The number of fused-ring (bicyclic) bond motifs is 5. The van der Waals surface area contributed by atoms with Crippen molar-refractivity contribution < 1.29 is 70.0 Å². The lowest BCUT2D eigenvalue weighted by atomic mass is 9.34. The van der Waals surface area contributed by atoms with Crippen LogP contribution in [0, 0.1) is 45.3 Å². The lowest BCUT2D eigenvalue weighted by Crippen LogP contribution is -2.70. The molecule has 8 unspecified atom stereocenters. The van der Waals surface area contributed by atoms with Crippen LogP contribution in [-0.2, 0) is 18.9 Å². The molecule has 56 heavy (non-hydrogen) atoms. The summed E-state index contributed by atoms with van der Waals surface area (Å²) in [4.78, 5) is 0. The van der Waals surface area contributed by atoms with Crippen molar-refractivity contribution in [2.24, 2.45) is 45.3 Å². The topological polar surface area (TPSA) is 239 Å². The number of allylic oxidation sites excluding steroid dienone is 2. The van der Waals surface area contributed by atoms with Crippen LogP contribution in [0.3, 0.4) is 0 Å². The minimum atomic E-state index is -1.58. The van der Waals surface area contributed by atoms with Gasteiger partial charge in [0.2, 0.25) is 0 Å². The molecule has 6 fully saturated rings. The predicted octanol–water partition coefficient (Wildman–Crippen LogP) is 1.12. The van der Waals surface area contributed by atoms with Crippen molar-refractivity contribution in [2.75, 3.05) is 13.2 Å². The Morgan fingerprint density at radius 1 is 0.732 bits per heavy atom. The second-order valence-electron chi connectivity index (χ2n) is 20.2. The summed E-state index contributed by atoms with van der Waals surface area (Å²) in [5.41, 5.74) is -1.71. The average Bonchev–Trinajstić information content (AvgIpc) is 3.51. The molecule has 4 aliphatic carbocycles. The van der Waals surface area contributed by atoms with Crippen LogP contribution >= 0.6 is 0 Å². The molecule has 6 aliphatic rings. The van der Waals surface area contributed by atoms with Gasteiger partial charge in [-0.2, -0.15) is 0 Å². The summed E-state index contributed by atoms with van der Waals surface area (Å²) in [7, 11) is 0. The maximum absolute atomic E-state index is 12.5. The zero-order valence-electron chi connectivity index (χ0n) is 34.6. The van der Waals surface area contributed by atoms with E-state index in [9.17, 15) is 51.1 Å². The molecular weight excluding hydrogens is 728 g/mol. The van der Waals surface area contributed by atoms with Crippen molar-refractivity contribution in [3.63, 3.8) is 0 Å². The zero-order valence-corrected chi connectivity index (χ0v) is 34.6. The first-order chi connectivity index (χ1) is 26.0. The second kappa shape index (κ2) is 15.9. The lowest BCUT2D eigenvalue weighted by molar-refractivity contribution is -0.341. The summed E-state index contributed by atoms with van der Waals surface area (Å²) >= 11 is 0. The molecule has 14 heteroatoms. The first-order valence-electron chi connectivity index (χ1n) is 21.0. The maximum atomic E-state index is 12.5. The quantitative estimate of drug-likeness (QED) is 0.110. The van der Waals surface area contributed by atoms with Crippen molar-refractivity contribution in [2.45, 2.75) is 192 Å². The number of rotatable bonds is 10. The van der Waals surface area contributed by atoms with Crippen LogP contribution in [0.5, 0.6) is 0 Å². The molecule has 2 saturated heterocycles. The van der Waals surface area contributed by atoms with Gasteiger partial charge in [0, 0.05) is 0 Å². The highest BCUT2D eigenvalue weighted by atomic mass is 16.7. The molecule has 4 saturated carbocycles. The fraction of sp³-hybridized carbons (Fsp3) is 0.952. The van der Waals surface area contributed by atoms with Gasteiger partial charge >= 0.3 is 0 Å². The highest BCUT2D eigenvalue weighted by Crippen LogP contribution is 2.76. The molecule has 10 N–H and O–H groups in total. The van der Waals surface area contributed by atoms with Crippen LogP contribution in [0.1, 0.15) is 107 Å². The Morgan fingerprint density at radius 3 is 1.88 bits per heavy atom.